The number of phenols is 1. The van der Waals surface area contributed by atoms with Crippen LogP contribution in [0.3, 0.4) is 0 Å². The number of likely N-dealkylation sites (N-methyl/N-ethyl adjacent to an activating group) is 1. The number of hydrogen-bond acceptors (Lipinski definition) is 7. The van der Waals surface area contributed by atoms with Crippen LogP contribution in [-0.2, 0) is 23.0 Å². The number of aromatic amines is 1. The molecule has 1 aromatic heterocycles. The largest absolute Gasteiger partial charge is 0.508 e. The number of nitrogens with zero attached hydrogens (tertiary/aromatic N) is 4. The number of nitrogens with one attached hydrogen (secondary N) is 2. The zero-order valence-corrected chi connectivity index (χ0v) is 20.3. The number of H-pyrrole nitrogens is 1. The van der Waals surface area contributed by atoms with Gasteiger partial charge in [-0.3, -0.25) is 9.89 Å². The quantitative estimate of drug-likeness (QED) is 0.493. The number of rotatable bonds is 5. The summed E-state index contributed by atoms with van der Waals surface area (Å²) in [4.78, 5) is 17.5. The maximum absolute atomic E-state index is 13.1. The van der Waals surface area contributed by atoms with Crippen molar-refractivity contribution >= 4 is 27.4 Å². The smallest absolute Gasteiger partial charge is 0.256 e. The van der Waals surface area contributed by atoms with Crippen molar-refractivity contribution in [2.75, 3.05) is 50.0 Å². The summed E-state index contributed by atoms with van der Waals surface area (Å²) in [6.07, 6.45) is 0.440. The molecule has 0 saturated carbocycles. The van der Waals surface area contributed by atoms with Crippen molar-refractivity contribution in [2.45, 2.75) is 17.9 Å². The SMILES string of the molecule is CN1CCN(c2ccc(C(=O)Nc3n[nH]c4c3CN(S(=O)(=O)c3cccc(O)c3)CC4)cc2)CC1. The third-order valence-corrected chi connectivity index (χ3v) is 8.42. The van der Waals surface area contributed by atoms with Crippen LogP contribution in [0, 0.1) is 0 Å². The predicted octanol–water partition coefficient (Wildman–Crippen LogP) is 1.87. The number of phenolic OH excluding ortho intramolecular Hbond substituents is 1. The molecule has 0 unspecified atom stereocenters. The van der Waals surface area contributed by atoms with Crippen molar-refractivity contribution < 1.29 is 18.3 Å². The van der Waals surface area contributed by atoms with E-state index < -0.39 is 10.0 Å². The van der Waals surface area contributed by atoms with Crippen LogP contribution in [0.1, 0.15) is 21.6 Å². The number of hydrogen-bond donors (Lipinski definition) is 3. The van der Waals surface area contributed by atoms with Gasteiger partial charge in [-0.05, 0) is 49.5 Å². The van der Waals surface area contributed by atoms with Crippen molar-refractivity contribution in [3.8, 4) is 5.75 Å². The summed E-state index contributed by atoms with van der Waals surface area (Å²) in [6.45, 7) is 4.25. The van der Waals surface area contributed by atoms with Gasteiger partial charge >= 0.3 is 0 Å². The molecule has 2 aliphatic rings. The van der Waals surface area contributed by atoms with Gasteiger partial charge in [0, 0.05) is 68.2 Å². The molecular weight excluding hydrogens is 468 g/mol. The van der Waals surface area contributed by atoms with Crippen LogP contribution in [0.5, 0.6) is 5.75 Å². The first-order valence-corrected chi connectivity index (χ1v) is 13.0. The molecule has 10 nitrogen and oxygen atoms in total. The highest BCUT2D eigenvalue weighted by atomic mass is 32.2. The summed E-state index contributed by atoms with van der Waals surface area (Å²) in [5, 5.41) is 19.7. The molecule has 0 bridgehead atoms. The summed E-state index contributed by atoms with van der Waals surface area (Å²) < 4.78 is 27.5. The normalized spacial score (nSPS) is 17.2. The molecular formula is C24H28N6O4S. The number of amides is 1. The maximum atomic E-state index is 13.1. The van der Waals surface area contributed by atoms with E-state index in [2.05, 4.69) is 32.4 Å². The molecule has 1 fully saturated rings. The van der Waals surface area contributed by atoms with E-state index in [1.807, 2.05) is 12.1 Å². The maximum Gasteiger partial charge on any atom is 0.256 e. The van der Waals surface area contributed by atoms with Gasteiger partial charge in [0.15, 0.2) is 5.82 Å². The van der Waals surface area contributed by atoms with E-state index in [0.29, 0.717) is 23.4 Å². The van der Waals surface area contributed by atoms with Gasteiger partial charge in [-0.2, -0.15) is 9.40 Å². The van der Waals surface area contributed by atoms with Gasteiger partial charge in [-0.1, -0.05) is 6.07 Å². The number of benzene rings is 2. The van der Waals surface area contributed by atoms with Crippen LogP contribution >= 0.6 is 0 Å². The van der Waals surface area contributed by atoms with Crippen LogP contribution in [0.15, 0.2) is 53.4 Å². The minimum absolute atomic E-state index is 0.0236. The highest BCUT2D eigenvalue weighted by molar-refractivity contribution is 7.89. The number of carbonyl (C=O) groups is 1. The molecule has 1 amide bonds. The zero-order chi connectivity index (χ0) is 24.6. The number of fused-ring (bicyclic) bond motifs is 1. The average molecular weight is 497 g/mol. The van der Waals surface area contributed by atoms with Gasteiger partial charge < -0.3 is 20.2 Å². The van der Waals surface area contributed by atoms with E-state index in [-0.39, 0.29) is 29.6 Å². The van der Waals surface area contributed by atoms with Gasteiger partial charge in [-0.15, -0.1) is 0 Å². The fraction of sp³-hybridized carbons (Fsp3) is 0.333. The fourth-order valence-electron chi connectivity index (χ4n) is 4.44. The first-order chi connectivity index (χ1) is 16.8. The molecule has 5 rings (SSSR count). The number of aromatic nitrogens is 2. The Balaban J connectivity index is 1.29. The van der Waals surface area contributed by atoms with E-state index >= 15 is 0 Å². The Morgan fingerprint density at radius 2 is 1.80 bits per heavy atom. The molecule has 3 N–H and O–H groups in total. The topological polar surface area (TPSA) is 122 Å². The molecule has 35 heavy (non-hydrogen) atoms. The predicted molar refractivity (Wildman–Crippen MR) is 132 cm³/mol. The van der Waals surface area contributed by atoms with E-state index in [9.17, 15) is 18.3 Å². The van der Waals surface area contributed by atoms with Crippen LogP contribution in [0.25, 0.3) is 0 Å². The summed E-state index contributed by atoms with van der Waals surface area (Å²) in [5.41, 5.74) is 3.02. The van der Waals surface area contributed by atoms with Crippen LogP contribution in [0.2, 0.25) is 0 Å². The Kier molecular flexibility index (Phi) is 6.22. The van der Waals surface area contributed by atoms with Gasteiger partial charge in [0.05, 0.1) is 4.90 Å². The molecule has 2 aromatic carbocycles. The second-order valence-corrected chi connectivity index (χ2v) is 10.8. The Labute approximate surface area is 204 Å². The third kappa shape index (κ3) is 4.75. The Morgan fingerprint density at radius 1 is 1.06 bits per heavy atom. The number of sulfonamides is 1. The molecule has 2 aliphatic heterocycles. The number of carbonyl (C=O) groups excluding carboxylic acids is 1. The van der Waals surface area contributed by atoms with Crippen molar-refractivity contribution in [3.05, 3.63) is 65.4 Å². The molecule has 184 valence electrons. The second kappa shape index (κ2) is 9.33. The number of aromatic hydroxyl groups is 1. The van der Waals surface area contributed by atoms with E-state index in [1.165, 1.54) is 28.6 Å². The third-order valence-electron chi connectivity index (χ3n) is 6.58. The molecule has 1 saturated heterocycles. The lowest BCUT2D eigenvalue weighted by Crippen LogP contribution is -2.44. The monoisotopic (exact) mass is 496 g/mol. The lowest BCUT2D eigenvalue weighted by Gasteiger charge is -2.34. The van der Waals surface area contributed by atoms with Gasteiger partial charge in [0.1, 0.15) is 5.75 Å². The van der Waals surface area contributed by atoms with Gasteiger partial charge in [0.2, 0.25) is 10.0 Å². The summed E-state index contributed by atoms with van der Waals surface area (Å²) >= 11 is 0. The van der Waals surface area contributed by atoms with Crippen molar-refractivity contribution in [2.24, 2.45) is 0 Å². The number of anilines is 2. The molecule has 3 heterocycles. The van der Waals surface area contributed by atoms with Gasteiger partial charge in [0.25, 0.3) is 5.91 Å². The summed E-state index contributed by atoms with van der Waals surface area (Å²) in [6, 6.07) is 13.1. The lowest BCUT2D eigenvalue weighted by atomic mass is 10.1. The highest BCUT2D eigenvalue weighted by Crippen LogP contribution is 2.29. The molecule has 11 heteroatoms. The minimum atomic E-state index is -3.81. The fourth-order valence-corrected chi connectivity index (χ4v) is 5.89. The van der Waals surface area contributed by atoms with Crippen LogP contribution < -0.4 is 10.2 Å². The highest BCUT2D eigenvalue weighted by Gasteiger charge is 2.31. The van der Waals surface area contributed by atoms with Crippen molar-refractivity contribution in [1.82, 2.24) is 19.4 Å². The van der Waals surface area contributed by atoms with E-state index in [0.717, 1.165) is 37.6 Å². The number of piperazine rings is 1. The first kappa shape index (κ1) is 23.3. The molecule has 0 aliphatic carbocycles. The molecule has 0 radical (unpaired) electrons. The van der Waals surface area contributed by atoms with Gasteiger partial charge in [-0.25, -0.2) is 8.42 Å². The standard InChI is InChI=1S/C24H28N6O4S/c1-28-11-13-29(14-12-28)18-7-5-17(6-8-18)24(32)25-23-21-16-30(10-9-22(21)26-27-23)35(33,34)20-4-2-3-19(31)15-20/h2-8,15,31H,9-14,16H2,1H3,(H2,25,26,27,32). The Bertz CT molecular complexity index is 1330. The van der Waals surface area contributed by atoms with Crippen LogP contribution in [0.4, 0.5) is 11.5 Å². The molecule has 0 atom stereocenters. The zero-order valence-electron chi connectivity index (χ0n) is 19.4. The van der Waals surface area contributed by atoms with E-state index in [4.69, 9.17) is 0 Å². The molecule has 3 aromatic rings. The average Bonchev–Trinajstić information content (AvgIpc) is 3.26. The Morgan fingerprint density at radius 3 is 2.51 bits per heavy atom. The van der Waals surface area contributed by atoms with Crippen molar-refractivity contribution in [1.29, 1.82) is 0 Å². The summed E-state index contributed by atoms with van der Waals surface area (Å²) in [7, 11) is -1.70. The second-order valence-electron chi connectivity index (χ2n) is 8.91. The van der Waals surface area contributed by atoms with Crippen LogP contribution in [-0.4, -0.2) is 78.6 Å². The molecule has 0 spiro atoms. The minimum Gasteiger partial charge on any atom is -0.508 e. The van der Waals surface area contributed by atoms with Crippen molar-refractivity contribution in [3.63, 3.8) is 0 Å². The first-order valence-electron chi connectivity index (χ1n) is 11.5. The Hall–Kier alpha value is -3.41. The van der Waals surface area contributed by atoms with E-state index in [1.54, 1.807) is 12.1 Å². The lowest BCUT2D eigenvalue weighted by molar-refractivity contribution is 0.102. The summed E-state index contributed by atoms with van der Waals surface area (Å²) in [5.74, 6) is -0.0974.